The molecule has 1 aromatic rings. The average molecular weight is 257 g/mol. The first kappa shape index (κ1) is 12.0. The van der Waals surface area contributed by atoms with Crippen LogP contribution in [0, 0.1) is 5.82 Å². The lowest BCUT2D eigenvalue weighted by Gasteiger charge is -2.29. The minimum atomic E-state index is -3.01. The number of carbonyl (C=O) groups excluding carboxylic acids is 1. The Balaban J connectivity index is 2.32. The average Bonchev–Trinajstić information content (AvgIpc) is 2.29. The number of anilines is 1. The third-order valence-corrected chi connectivity index (χ3v) is 4.41. The Morgan fingerprint density at radius 1 is 1.24 bits per heavy atom. The fourth-order valence-electron chi connectivity index (χ4n) is 1.90. The molecule has 0 radical (unpaired) electrons. The molecular weight excluding hydrogens is 245 g/mol. The fourth-order valence-corrected chi connectivity index (χ4v) is 3.10. The molecule has 0 unspecified atom stereocenters. The molecule has 2 rings (SSSR count). The van der Waals surface area contributed by atoms with Crippen molar-refractivity contribution in [2.45, 2.75) is 0 Å². The van der Waals surface area contributed by atoms with Crippen LogP contribution >= 0.6 is 0 Å². The number of benzene rings is 1. The van der Waals surface area contributed by atoms with Crippen LogP contribution in [-0.4, -0.2) is 39.3 Å². The molecule has 1 aliphatic heterocycles. The van der Waals surface area contributed by atoms with Gasteiger partial charge in [-0.1, -0.05) is 6.07 Å². The summed E-state index contributed by atoms with van der Waals surface area (Å²) in [5.74, 6) is -0.492. The third kappa shape index (κ3) is 2.46. The molecule has 0 atom stereocenters. The number of sulfone groups is 1. The van der Waals surface area contributed by atoms with Gasteiger partial charge in [0.15, 0.2) is 16.1 Å². The minimum Gasteiger partial charge on any atom is -0.367 e. The fraction of sp³-hybridized carbons (Fsp3) is 0.364. The Bertz CT molecular complexity index is 528. The normalized spacial score (nSPS) is 19.0. The summed E-state index contributed by atoms with van der Waals surface area (Å²) in [5.41, 5.74) is 0.460. The van der Waals surface area contributed by atoms with Crippen LogP contribution in [0.2, 0.25) is 0 Å². The summed E-state index contributed by atoms with van der Waals surface area (Å²) in [4.78, 5) is 12.4. The highest BCUT2D eigenvalue weighted by atomic mass is 32.2. The van der Waals surface area contributed by atoms with Gasteiger partial charge in [-0.05, 0) is 12.1 Å². The summed E-state index contributed by atoms with van der Waals surface area (Å²) in [5, 5.41) is 0. The quantitative estimate of drug-likeness (QED) is 0.738. The Morgan fingerprint density at radius 3 is 2.47 bits per heavy atom. The van der Waals surface area contributed by atoms with E-state index in [-0.39, 0.29) is 35.8 Å². The van der Waals surface area contributed by atoms with Crippen LogP contribution in [0.25, 0.3) is 0 Å². The Morgan fingerprint density at radius 2 is 1.88 bits per heavy atom. The summed E-state index contributed by atoms with van der Waals surface area (Å²) in [7, 11) is -3.01. The van der Waals surface area contributed by atoms with Gasteiger partial charge < -0.3 is 4.90 Å². The molecule has 0 N–H and O–H groups in total. The molecule has 1 heterocycles. The van der Waals surface area contributed by atoms with Gasteiger partial charge in [0.2, 0.25) is 0 Å². The number of aldehydes is 1. The molecular formula is C11H12FNO3S. The first-order valence-corrected chi connectivity index (χ1v) is 7.05. The lowest BCUT2D eigenvalue weighted by atomic mass is 10.1. The summed E-state index contributed by atoms with van der Waals surface area (Å²) in [6.45, 7) is 0.453. The van der Waals surface area contributed by atoms with Crippen LogP contribution < -0.4 is 4.90 Å². The van der Waals surface area contributed by atoms with Gasteiger partial charge >= 0.3 is 0 Å². The largest absolute Gasteiger partial charge is 0.367 e. The molecule has 0 bridgehead atoms. The molecule has 0 spiro atoms. The molecule has 92 valence electrons. The second kappa shape index (κ2) is 4.44. The zero-order chi connectivity index (χ0) is 12.5. The monoisotopic (exact) mass is 257 g/mol. The highest BCUT2D eigenvalue weighted by Crippen LogP contribution is 2.24. The maximum absolute atomic E-state index is 13.7. The summed E-state index contributed by atoms with van der Waals surface area (Å²) >= 11 is 0. The molecule has 6 heteroatoms. The van der Waals surface area contributed by atoms with Crippen molar-refractivity contribution in [2.24, 2.45) is 0 Å². The maximum atomic E-state index is 13.7. The van der Waals surface area contributed by atoms with Crippen molar-refractivity contribution < 1.29 is 17.6 Å². The molecule has 0 aliphatic carbocycles. The summed E-state index contributed by atoms with van der Waals surface area (Å²) in [6, 6.07) is 4.25. The van der Waals surface area contributed by atoms with E-state index in [4.69, 9.17) is 0 Å². The Hall–Kier alpha value is -1.43. The van der Waals surface area contributed by atoms with Gasteiger partial charge in [0.25, 0.3) is 0 Å². The minimum absolute atomic E-state index is 0.000366. The first-order chi connectivity index (χ1) is 8.03. The van der Waals surface area contributed by atoms with Crippen LogP contribution in [0.4, 0.5) is 10.1 Å². The van der Waals surface area contributed by atoms with E-state index in [0.717, 1.165) is 0 Å². The van der Waals surface area contributed by atoms with Crippen molar-refractivity contribution in [3.8, 4) is 0 Å². The molecule has 1 aliphatic rings. The number of hydrogen-bond donors (Lipinski definition) is 0. The van der Waals surface area contributed by atoms with E-state index in [1.165, 1.54) is 18.2 Å². The predicted molar refractivity (Wildman–Crippen MR) is 62.7 cm³/mol. The molecule has 4 nitrogen and oxygen atoms in total. The van der Waals surface area contributed by atoms with Gasteiger partial charge in [0.05, 0.1) is 17.2 Å². The highest BCUT2D eigenvalue weighted by Gasteiger charge is 2.24. The number of nitrogens with zero attached hydrogens (tertiary/aromatic N) is 1. The van der Waals surface area contributed by atoms with E-state index in [2.05, 4.69) is 0 Å². The highest BCUT2D eigenvalue weighted by molar-refractivity contribution is 7.91. The number of carbonyl (C=O) groups is 1. The van der Waals surface area contributed by atoms with Crippen LogP contribution in [-0.2, 0) is 9.84 Å². The second-order valence-electron chi connectivity index (χ2n) is 3.93. The topological polar surface area (TPSA) is 54.5 Å². The van der Waals surface area contributed by atoms with Gasteiger partial charge in [0.1, 0.15) is 5.82 Å². The Kier molecular flexibility index (Phi) is 3.15. The second-order valence-corrected chi connectivity index (χ2v) is 6.24. The van der Waals surface area contributed by atoms with Crippen molar-refractivity contribution in [1.82, 2.24) is 0 Å². The Labute approximate surface area is 99.0 Å². The number of halogens is 1. The van der Waals surface area contributed by atoms with Crippen molar-refractivity contribution >= 4 is 21.8 Å². The number of hydrogen-bond acceptors (Lipinski definition) is 4. The van der Waals surface area contributed by atoms with Crippen molar-refractivity contribution in [3.63, 3.8) is 0 Å². The lowest BCUT2D eigenvalue weighted by Crippen LogP contribution is -2.41. The smallest absolute Gasteiger partial charge is 0.153 e. The van der Waals surface area contributed by atoms with E-state index >= 15 is 0 Å². The molecule has 1 aromatic carbocycles. The summed E-state index contributed by atoms with van der Waals surface area (Å²) < 4.78 is 36.2. The lowest BCUT2D eigenvalue weighted by molar-refractivity contribution is 0.112. The van der Waals surface area contributed by atoms with Gasteiger partial charge in [-0.3, -0.25) is 4.79 Å². The third-order valence-electron chi connectivity index (χ3n) is 2.81. The van der Waals surface area contributed by atoms with E-state index in [1.54, 1.807) is 4.90 Å². The van der Waals surface area contributed by atoms with Crippen LogP contribution in [0.5, 0.6) is 0 Å². The standard InChI is InChI=1S/C11H12FNO3S/c12-10-3-1-2-9(8-14)11(10)13-4-6-17(15,16)7-5-13/h1-3,8H,4-7H2. The van der Waals surface area contributed by atoms with Crippen LogP contribution in [0.3, 0.4) is 0 Å². The molecule has 17 heavy (non-hydrogen) atoms. The van der Waals surface area contributed by atoms with Gasteiger partial charge in [-0.25, -0.2) is 12.8 Å². The predicted octanol–water partition coefficient (Wildman–Crippen LogP) is 0.873. The molecule has 0 amide bonds. The van der Waals surface area contributed by atoms with Crippen LogP contribution in [0.15, 0.2) is 18.2 Å². The van der Waals surface area contributed by atoms with E-state index in [0.29, 0.717) is 6.29 Å². The number of para-hydroxylation sites is 1. The van der Waals surface area contributed by atoms with E-state index < -0.39 is 15.7 Å². The molecule has 0 aromatic heterocycles. The van der Waals surface area contributed by atoms with Crippen molar-refractivity contribution in [2.75, 3.05) is 29.5 Å². The molecule has 0 saturated carbocycles. The number of rotatable bonds is 2. The van der Waals surface area contributed by atoms with E-state index in [9.17, 15) is 17.6 Å². The van der Waals surface area contributed by atoms with Gasteiger partial charge in [0, 0.05) is 18.7 Å². The van der Waals surface area contributed by atoms with Crippen LogP contribution in [0.1, 0.15) is 10.4 Å². The zero-order valence-corrected chi connectivity index (χ0v) is 9.91. The first-order valence-electron chi connectivity index (χ1n) is 5.22. The molecule has 1 fully saturated rings. The SMILES string of the molecule is O=Cc1cccc(F)c1N1CCS(=O)(=O)CC1. The molecule has 1 saturated heterocycles. The van der Waals surface area contributed by atoms with Gasteiger partial charge in [-0.2, -0.15) is 0 Å². The van der Waals surface area contributed by atoms with Gasteiger partial charge in [-0.15, -0.1) is 0 Å². The summed E-state index contributed by atoms with van der Waals surface area (Å²) in [6.07, 6.45) is 0.585. The van der Waals surface area contributed by atoms with Crippen molar-refractivity contribution in [1.29, 1.82) is 0 Å². The zero-order valence-electron chi connectivity index (χ0n) is 9.10. The van der Waals surface area contributed by atoms with E-state index in [1.807, 2.05) is 0 Å². The maximum Gasteiger partial charge on any atom is 0.153 e. The van der Waals surface area contributed by atoms with Crippen molar-refractivity contribution in [3.05, 3.63) is 29.6 Å².